The van der Waals surface area contributed by atoms with Gasteiger partial charge in [-0.3, -0.25) is 4.90 Å². The fourth-order valence-electron chi connectivity index (χ4n) is 3.27. The van der Waals surface area contributed by atoms with Crippen molar-refractivity contribution in [2.24, 2.45) is 5.73 Å². The number of rotatable bonds is 6. The average molecular weight is 292 g/mol. The zero-order valence-corrected chi connectivity index (χ0v) is 13.6. The van der Waals surface area contributed by atoms with Crippen molar-refractivity contribution in [1.82, 2.24) is 4.90 Å². The summed E-state index contributed by atoms with van der Waals surface area (Å²) in [6, 6.07) is 8.99. The predicted octanol–water partition coefficient (Wildman–Crippen LogP) is 2.58. The molecular weight excluding hydrogens is 264 g/mol. The maximum Gasteiger partial charge on any atom is 0.118 e. The Hall–Kier alpha value is -1.10. The summed E-state index contributed by atoms with van der Waals surface area (Å²) in [7, 11) is 3.86. The highest BCUT2D eigenvalue weighted by atomic mass is 16.5. The highest BCUT2D eigenvalue weighted by molar-refractivity contribution is 5.30. The quantitative estimate of drug-likeness (QED) is 0.875. The lowest BCUT2D eigenvalue weighted by molar-refractivity contribution is 0.0608. The van der Waals surface area contributed by atoms with Gasteiger partial charge in [-0.15, -0.1) is 0 Å². The maximum atomic E-state index is 6.42. The van der Waals surface area contributed by atoms with Gasteiger partial charge in [-0.2, -0.15) is 0 Å². The normalized spacial score (nSPS) is 25.0. The van der Waals surface area contributed by atoms with Gasteiger partial charge < -0.3 is 15.2 Å². The van der Waals surface area contributed by atoms with Crippen molar-refractivity contribution in [3.05, 3.63) is 29.8 Å². The largest absolute Gasteiger partial charge is 0.497 e. The van der Waals surface area contributed by atoms with Crippen molar-refractivity contribution >= 4 is 0 Å². The molecule has 0 aromatic heterocycles. The van der Waals surface area contributed by atoms with E-state index in [9.17, 15) is 0 Å². The molecule has 4 heteroatoms. The molecule has 1 saturated heterocycles. The van der Waals surface area contributed by atoms with Crippen molar-refractivity contribution < 1.29 is 9.47 Å². The Kier molecular flexibility index (Phi) is 5.62. The van der Waals surface area contributed by atoms with Crippen molar-refractivity contribution in [3.63, 3.8) is 0 Å². The second-order valence-electron chi connectivity index (χ2n) is 5.89. The number of benzene rings is 1. The Labute approximate surface area is 128 Å². The molecule has 4 unspecified atom stereocenters. The van der Waals surface area contributed by atoms with Crippen LogP contribution >= 0.6 is 0 Å². The van der Waals surface area contributed by atoms with Crippen molar-refractivity contribution in [3.8, 4) is 5.75 Å². The second-order valence-corrected chi connectivity index (χ2v) is 5.89. The van der Waals surface area contributed by atoms with E-state index in [4.69, 9.17) is 15.2 Å². The summed E-state index contributed by atoms with van der Waals surface area (Å²) in [5.41, 5.74) is 7.66. The zero-order valence-electron chi connectivity index (χ0n) is 13.6. The van der Waals surface area contributed by atoms with E-state index in [2.05, 4.69) is 37.9 Å². The molecule has 1 aliphatic rings. The summed E-state index contributed by atoms with van der Waals surface area (Å²) in [5.74, 6) is 0.878. The first-order chi connectivity index (χ1) is 10.1. The molecule has 1 aromatic rings. The summed E-state index contributed by atoms with van der Waals surface area (Å²) in [6.07, 6.45) is 2.28. The number of ether oxygens (including phenoxy) is 2. The van der Waals surface area contributed by atoms with Gasteiger partial charge in [-0.25, -0.2) is 0 Å². The molecule has 2 rings (SSSR count). The smallest absolute Gasteiger partial charge is 0.118 e. The standard InChI is InChI=1S/C17H28N2O2/c1-5-15(18)17(13-6-8-14(20-4)9-7-13)19(3)16-10-11-21-12(16)2/h6-9,12,15-17H,5,10-11,18H2,1-4H3. The van der Waals surface area contributed by atoms with Crippen LogP contribution in [0.1, 0.15) is 38.3 Å². The number of hydrogen-bond donors (Lipinski definition) is 1. The first kappa shape index (κ1) is 16.3. The molecule has 1 aromatic carbocycles. The number of likely N-dealkylation sites (N-methyl/N-ethyl adjacent to an activating group) is 1. The summed E-state index contributed by atoms with van der Waals surface area (Å²) in [4.78, 5) is 2.40. The van der Waals surface area contributed by atoms with E-state index in [-0.39, 0.29) is 18.2 Å². The third-order valence-corrected chi connectivity index (χ3v) is 4.63. The predicted molar refractivity (Wildman–Crippen MR) is 85.6 cm³/mol. The molecule has 4 atom stereocenters. The first-order valence-electron chi connectivity index (χ1n) is 7.81. The van der Waals surface area contributed by atoms with Crippen molar-refractivity contribution in [2.45, 2.75) is 50.9 Å². The highest BCUT2D eigenvalue weighted by Crippen LogP contribution is 2.31. The fraction of sp³-hybridized carbons (Fsp3) is 0.647. The van der Waals surface area contributed by atoms with Crippen LogP contribution in [0.2, 0.25) is 0 Å². The molecule has 4 nitrogen and oxygen atoms in total. The molecule has 0 saturated carbocycles. The van der Waals surface area contributed by atoms with Crippen LogP contribution in [0.3, 0.4) is 0 Å². The van der Waals surface area contributed by atoms with Crippen LogP contribution in [0, 0.1) is 0 Å². The van der Waals surface area contributed by atoms with E-state index < -0.39 is 0 Å². The van der Waals surface area contributed by atoms with Crippen LogP contribution in [-0.2, 0) is 4.74 Å². The number of hydrogen-bond acceptors (Lipinski definition) is 4. The van der Waals surface area contributed by atoms with Gasteiger partial charge in [0.1, 0.15) is 5.75 Å². The summed E-state index contributed by atoms with van der Waals surface area (Å²) in [5, 5.41) is 0. The minimum atomic E-state index is 0.108. The third kappa shape index (κ3) is 3.57. The Bertz CT molecular complexity index is 435. The zero-order chi connectivity index (χ0) is 15.4. The van der Waals surface area contributed by atoms with E-state index in [0.717, 1.165) is 25.2 Å². The van der Waals surface area contributed by atoms with Gasteiger partial charge in [0.2, 0.25) is 0 Å². The van der Waals surface area contributed by atoms with E-state index in [0.29, 0.717) is 6.04 Å². The monoisotopic (exact) mass is 292 g/mol. The van der Waals surface area contributed by atoms with Crippen LogP contribution in [-0.4, -0.2) is 43.9 Å². The third-order valence-electron chi connectivity index (χ3n) is 4.63. The number of nitrogens with zero attached hydrogens (tertiary/aromatic N) is 1. The number of methoxy groups -OCH3 is 1. The lowest BCUT2D eigenvalue weighted by Crippen LogP contribution is -2.46. The highest BCUT2D eigenvalue weighted by Gasteiger charge is 2.34. The van der Waals surface area contributed by atoms with E-state index >= 15 is 0 Å². The molecule has 0 bridgehead atoms. The fourth-order valence-corrected chi connectivity index (χ4v) is 3.27. The van der Waals surface area contributed by atoms with E-state index in [1.165, 1.54) is 5.56 Å². The lowest BCUT2D eigenvalue weighted by Gasteiger charge is -2.38. The van der Waals surface area contributed by atoms with Gasteiger partial charge in [0, 0.05) is 24.7 Å². The summed E-state index contributed by atoms with van der Waals surface area (Å²) in [6.45, 7) is 5.13. The summed E-state index contributed by atoms with van der Waals surface area (Å²) < 4.78 is 11.0. The van der Waals surface area contributed by atoms with Crippen LogP contribution in [0.5, 0.6) is 5.75 Å². The minimum absolute atomic E-state index is 0.108. The number of nitrogens with two attached hydrogens (primary N) is 1. The van der Waals surface area contributed by atoms with Crippen LogP contribution in [0.4, 0.5) is 0 Å². The summed E-state index contributed by atoms with van der Waals surface area (Å²) >= 11 is 0. The van der Waals surface area contributed by atoms with Crippen LogP contribution in [0.15, 0.2) is 24.3 Å². The minimum Gasteiger partial charge on any atom is -0.497 e. The Balaban J connectivity index is 2.24. The molecule has 0 amide bonds. The SMILES string of the molecule is CCC(N)C(c1ccc(OC)cc1)N(C)C1CCOC1C. The molecule has 1 fully saturated rings. The maximum absolute atomic E-state index is 6.42. The molecule has 0 radical (unpaired) electrons. The van der Waals surface area contributed by atoms with Crippen molar-refractivity contribution in [2.75, 3.05) is 20.8 Å². The molecule has 1 aliphatic heterocycles. The first-order valence-corrected chi connectivity index (χ1v) is 7.81. The van der Waals surface area contributed by atoms with Gasteiger partial charge >= 0.3 is 0 Å². The van der Waals surface area contributed by atoms with Crippen LogP contribution < -0.4 is 10.5 Å². The molecule has 21 heavy (non-hydrogen) atoms. The van der Waals surface area contributed by atoms with Gasteiger partial charge in [0.05, 0.1) is 13.2 Å². The van der Waals surface area contributed by atoms with Crippen LogP contribution in [0.25, 0.3) is 0 Å². The molecule has 0 spiro atoms. The van der Waals surface area contributed by atoms with Gasteiger partial charge in [-0.1, -0.05) is 19.1 Å². The lowest BCUT2D eigenvalue weighted by atomic mass is 9.94. The average Bonchev–Trinajstić information content (AvgIpc) is 2.94. The second kappa shape index (κ2) is 7.25. The van der Waals surface area contributed by atoms with Gasteiger partial charge in [-0.05, 0) is 44.5 Å². The van der Waals surface area contributed by atoms with E-state index in [1.807, 2.05) is 12.1 Å². The topological polar surface area (TPSA) is 47.7 Å². The Morgan fingerprint density at radius 2 is 2.05 bits per heavy atom. The Morgan fingerprint density at radius 3 is 2.52 bits per heavy atom. The van der Waals surface area contributed by atoms with Gasteiger partial charge in [0.15, 0.2) is 0 Å². The molecule has 118 valence electrons. The molecule has 0 aliphatic carbocycles. The molecule has 1 heterocycles. The van der Waals surface area contributed by atoms with Crippen molar-refractivity contribution in [1.29, 1.82) is 0 Å². The molecule has 2 N–H and O–H groups in total. The van der Waals surface area contributed by atoms with E-state index in [1.54, 1.807) is 7.11 Å². The molecular formula is C17H28N2O2. The Morgan fingerprint density at radius 1 is 1.38 bits per heavy atom. The van der Waals surface area contributed by atoms with Gasteiger partial charge in [0.25, 0.3) is 0 Å².